The van der Waals surface area contributed by atoms with E-state index in [1.807, 2.05) is 26.0 Å². The smallest absolute Gasteiger partial charge is 0.255 e. The molecule has 2 aromatic carbocycles. The molecule has 0 aliphatic heterocycles. The number of aryl methyl sites for hydroxylation is 2. The van der Waals surface area contributed by atoms with E-state index in [1.54, 1.807) is 24.3 Å². The van der Waals surface area contributed by atoms with Crippen molar-refractivity contribution in [3.63, 3.8) is 0 Å². The molecule has 0 radical (unpaired) electrons. The summed E-state index contributed by atoms with van der Waals surface area (Å²) in [5, 5.41) is 2.91. The average molecular weight is 319 g/mol. The number of hydrogen-bond donors (Lipinski definition) is 2. The maximum absolute atomic E-state index is 12.2. The predicted octanol–water partition coefficient (Wildman–Crippen LogP) is 3.90. The maximum atomic E-state index is 12.2. The maximum Gasteiger partial charge on any atom is 0.255 e. The van der Waals surface area contributed by atoms with Crippen LogP contribution in [-0.2, 0) is 0 Å². The number of anilines is 2. The minimum Gasteiger partial charge on any atom is -0.399 e. The van der Waals surface area contributed by atoms with Gasteiger partial charge in [0.1, 0.15) is 0 Å². The second-order valence-electron chi connectivity index (χ2n) is 4.52. The molecular weight excluding hydrogens is 304 g/mol. The van der Waals surface area contributed by atoms with E-state index < -0.39 is 0 Å². The van der Waals surface area contributed by atoms with Gasteiger partial charge in [-0.05, 0) is 65.2 Å². The fourth-order valence-electron chi connectivity index (χ4n) is 1.94. The van der Waals surface area contributed by atoms with Crippen molar-refractivity contribution in [2.24, 2.45) is 0 Å². The Bertz CT molecular complexity index is 615. The summed E-state index contributed by atoms with van der Waals surface area (Å²) in [4.78, 5) is 12.2. The first kappa shape index (κ1) is 13.6. The quantitative estimate of drug-likeness (QED) is 0.825. The average Bonchev–Trinajstić information content (AvgIpc) is 2.33. The van der Waals surface area contributed by atoms with Crippen molar-refractivity contribution in [3.05, 3.63) is 57.6 Å². The lowest BCUT2D eigenvalue weighted by molar-refractivity contribution is 0.102. The van der Waals surface area contributed by atoms with Crippen LogP contribution in [0.3, 0.4) is 0 Å². The highest BCUT2D eigenvalue weighted by atomic mass is 79.9. The Morgan fingerprint density at radius 2 is 1.95 bits per heavy atom. The topological polar surface area (TPSA) is 55.1 Å². The van der Waals surface area contributed by atoms with Crippen molar-refractivity contribution in [3.8, 4) is 0 Å². The van der Waals surface area contributed by atoms with Gasteiger partial charge in [-0.3, -0.25) is 4.79 Å². The van der Waals surface area contributed by atoms with Gasteiger partial charge in [0.2, 0.25) is 0 Å². The Balaban J connectivity index is 2.29. The van der Waals surface area contributed by atoms with Gasteiger partial charge < -0.3 is 11.1 Å². The van der Waals surface area contributed by atoms with E-state index >= 15 is 0 Å². The SMILES string of the molecule is Cc1cc(C)c(NC(=O)c2cccc(N)c2)c(Br)c1. The molecule has 3 N–H and O–H groups in total. The Kier molecular flexibility index (Phi) is 3.90. The van der Waals surface area contributed by atoms with Crippen LogP contribution in [0.2, 0.25) is 0 Å². The molecule has 0 atom stereocenters. The number of amides is 1. The normalized spacial score (nSPS) is 10.3. The van der Waals surface area contributed by atoms with E-state index in [0.717, 1.165) is 21.3 Å². The molecule has 4 heteroatoms. The summed E-state index contributed by atoms with van der Waals surface area (Å²) >= 11 is 3.47. The van der Waals surface area contributed by atoms with E-state index in [2.05, 4.69) is 21.2 Å². The number of hydrogen-bond acceptors (Lipinski definition) is 2. The third-order valence-electron chi connectivity index (χ3n) is 2.82. The number of nitrogen functional groups attached to an aromatic ring is 1. The summed E-state index contributed by atoms with van der Waals surface area (Å²) in [5.41, 5.74) is 9.76. The summed E-state index contributed by atoms with van der Waals surface area (Å²) in [5.74, 6) is -0.167. The zero-order valence-electron chi connectivity index (χ0n) is 10.8. The lowest BCUT2D eigenvalue weighted by Gasteiger charge is -2.12. The number of benzene rings is 2. The molecule has 19 heavy (non-hydrogen) atoms. The van der Waals surface area contributed by atoms with Crippen molar-refractivity contribution in [1.29, 1.82) is 0 Å². The van der Waals surface area contributed by atoms with Crippen LogP contribution in [0.5, 0.6) is 0 Å². The minimum atomic E-state index is -0.167. The monoisotopic (exact) mass is 318 g/mol. The number of halogens is 1. The Morgan fingerprint density at radius 3 is 2.58 bits per heavy atom. The first-order valence-electron chi connectivity index (χ1n) is 5.91. The second kappa shape index (κ2) is 5.45. The van der Waals surface area contributed by atoms with Gasteiger partial charge in [0, 0.05) is 15.7 Å². The van der Waals surface area contributed by atoms with Gasteiger partial charge in [0.25, 0.3) is 5.91 Å². The van der Waals surface area contributed by atoms with E-state index in [-0.39, 0.29) is 5.91 Å². The van der Waals surface area contributed by atoms with Crippen molar-refractivity contribution in [2.45, 2.75) is 13.8 Å². The molecule has 0 heterocycles. The van der Waals surface area contributed by atoms with Gasteiger partial charge in [-0.1, -0.05) is 12.1 Å². The molecule has 0 aliphatic rings. The van der Waals surface area contributed by atoms with Crippen LogP contribution >= 0.6 is 15.9 Å². The molecular formula is C15H15BrN2O. The Labute approximate surface area is 121 Å². The van der Waals surface area contributed by atoms with Crippen LogP contribution in [0.25, 0.3) is 0 Å². The Hall–Kier alpha value is -1.81. The van der Waals surface area contributed by atoms with Crippen molar-refractivity contribution >= 4 is 33.2 Å². The second-order valence-corrected chi connectivity index (χ2v) is 5.37. The first-order chi connectivity index (χ1) is 8.97. The van der Waals surface area contributed by atoms with Gasteiger partial charge >= 0.3 is 0 Å². The van der Waals surface area contributed by atoms with Crippen molar-refractivity contribution in [2.75, 3.05) is 11.1 Å². The van der Waals surface area contributed by atoms with Crippen LogP contribution in [0.15, 0.2) is 40.9 Å². The molecule has 0 unspecified atom stereocenters. The van der Waals surface area contributed by atoms with Gasteiger partial charge in [0.05, 0.1) is 5.69 Å². The molecule has 0 aliphatic carbocycles. The molecule has 0 saturated heterocycles. The molecule has 1 amide bonds. The highest BCUT2D eigenvalue weighted by molar-refractivity contribution is 9.10. The lowest BCUT2D eigenvalue weighted by Crippen LogP contribution is -2.13. The highest BCUT2D eigenvalue weighted by Crippen LogP contribution is 2.28. The molecule has 3 nitrogen and oxygen atoms in total. The summed E-state index contributed by atoms with van der Waals surface area (Å²) in [6.07, 6.45) is 0. The summed E-state index contributed by atoms with van der Waals surface area (Å²) in [6.45, 7) is 3.98. The van der Waals surface area contributed by atoms with Gasteiger partial charge in [-0.25, -0.2) is 0 Å². The van der Waals surface area contributed by atoms with E-state index in [0.29, 0.717) is 11.3 Å². The zero-order chi connectivity index (χ0) is 14.0. The van der Waals surface area contributed by atoms with Gasteiger partial charge in [-0.15, -0.1) is 0 Å². The fourth-order valence-corrected chi connectivity index (χ4v) is 2.71. The number of carbonyl (C=O) groups is 1. The van der Waals surface area contributed by atoms with Crippen molar-refractivity contribution in [1.82, 2.24) is 0 Å². The van der Waals surface area contributed by atoms with Crippen LogP contribution in [0.1, 0.15) is 21.5 Å². The molecule has 0 aromatic heterocycles. The third-order valence-corrected chi connectivity index (χ3v) is 3.44. The summed E-state index contributed by atoms with van der Waals surface area (Å²) in [6, 6.07) is 10.9. The lowest BCUT2D eigenvalue weighted by atomic mass is 10.1. The van der Waals surface area contributed by atoms with Crippen molar-refractivity contribution < 1.29 is 4.79 Å². The summed E-state index contributed by atoms with van der Waals surface area (Å²) < 4.78 is 0.877. The van der Waals surface area contributed by atoms with Crippen LogP contribution in [0.4, 0.5) is 11.4 Å². The summed E-state index contributed by atoms with van der Waals surface area (Å²) in [7, 11) is 0. The number of nitrogens with one attached hydrogen (secondary N) is 1. The predicted molar refractivity (Wildman–Crippen MR) is 82.4 cm³/mol. The number of nitrogens with two attached hydrogens (primary N) is 1. The molecule has 2 aromatic rings. The largest absolute Gasteiger partial charge is 0.399 e. The molecule has 0 bridgehead atoms. The first-order valence-corrected chi connectivity index (χ1v) is 6.70. The highest BCUT2D eigenvalue weighted by Gasteiger charge is 2.11. The molecule has 0 fully saturated rings. The van der Waals surface area contributed by atoms with E-state index in [4.69, 9.17) is 5.73 Å². The Morgan fingerprint density at radius 1 is 1.21 bits per heavy atom. The van der Waals surface area contributed by atoms with Crippen LogP contribution in [-0.4, -0.2) is 5.91 Å². The zero-order valence-corrected chi connectivity index (χ0v) is 12.4. The number of carbonyl (C=O) groups excluding carboxylic acids is 1. The van der Waals surface area contributed by atoms with Crippen LogP contribution < -0.4 is 11.1 Å². The standard InChI is InChI=1S/C15H15BrN2O/c1-9-6-10(2)14(13(16)7-9)18-15(19)11-4-3-5-12(17)8-11/h3-8H,17H2,1-2H3,(H,18,19). The van der Waals surface area contributed by atoms with E-state index in [9.17, 15) is 4.79 Å². The number of rotatable bonds is 2. The van der Waals surface area contributed by atoms with E-state index in [1.165, 1.54) is 0 Å². The minimum absolute atomic E-state index is 0.167. The molecule has 0 saturated carbocycles. The molecule has 2 rings (SSSR count). The van der Waals surface area contributed by atoms with Gasteiger partial charge in [0.15, 0.2) is 0 Å². The third kappa shape index (κ3) is 3.15. The molecule has 98 valence electrons. The van der Waals surface area contributed by atoms with Crippen LogP contribution in [0, 0.1) is 13.8 Å². The van der Waals surface area contributed by atoms with Gasteiger partial charge in [-0.2, -0.15) is 0 Å². The fraction of sp³-hybridized carbons (Fsp3) is 0.133. The molecule has 0 spiro atoms.